The van der Waals surface area contributed by atoms with Crippen LogP contribution in [0.1, 0.15) is 37.4 Å². The quantitative estimate of drug-likeness (QED) is 0.779. The molecule has 1 unspecified atom stereocenters. The van der Waals surface area contributed by atoms with E-state index in [4.69, 9.17) is 9.57 Å². The second-order valence-electron chi connectivity index (χ2n) is 8.31. The SMILES string of the molecule is COc1ccc2nccc([C@@H](O)[C@@H]3C[C@@H]4CCN3C/C4=N/OCC3CC3)c2c1. The third-order valence-electron chi connectivity index (χ3n) is 6.45. The van der Waals surface area contributed by atoms with Gasteiger partial charge in [-0.3, -0.25) is 9.88 Å². The summed E-state index contributed by atoms with van der Waals surface area (Å²) in [6.07, 6.45) is 5.79. The van der Waals surface area contributed by atoms with Crippen molar-refractivity contribution in [3.63, 3.8) is 0 Å². The number of nitrogens with zero attached hydrogens (tertiary/aromatic N) is 3. The average Bonchev–Trinajstić information content (AvgIpc) is 3.57. The molecule has 3 saturated heterocycles. The molecule has 3 aliphatic heterocycles. The molecule has 6 rings (SSSR count). The van der Waals surface area contributed by atoms with E-state index in [1.54, 1.807) is 13.3 Å². The molecule has 6 heteroatoms. The summed E-state index contributed by atoms with van der Waals surface area (Å²) in [7, 11) is 1.66. The van der Waals surface area contributed by atoms with Crippen molar-refractivity contribution in [2.24, 2.45) is 17.0 Å². The first-order chi connectivity index (χ1) is 13.7. The number of fused-ring (bicyclic) bond motifs is 4. The van der Waals surface area contributed by atoms with E-state index < -0.39 is 6.10 Å². The fourth-order valence-electron chi connectivity index (χ4n) is 4.56. The smallest absolute Gasteiger partial charge is 0.120 e. The van der Waals surface area contributed by atoms with E-state index in [1.165, 1.54) is 12.8 Å². The van der Waals surface area contributed by atoms with Gasteiger partial charge in [0.25, 0.3) is 0 Å². The molecule has 148 valence electrons. The number of ether oxygens (including phenoxy) is 1. The van der Waals surface area contributed by atoms with Gasteiger partial charge in [-0.25, -0.2) is 0 Å². The second-order valence-corrected chi connectivity index (χ2v) is 8.31. The van der Waals surface area contributed by atoms with E-state index in [0.29, 0.717) is 5.92 Å². The summed E-state index contributed by atoms with van der Waals surface area (Å²) in [4.78, 5) is 12.4. The van der Waals surface area contributed by atoms with Gasteiger partial charge in [-0.15, -0.1) is 0 Å². The van der Waals surface area contributed by atoms with Crippen molar-refractivity contribution < 1.29 is 14.7 Å². The standard InChI is InChI=1S/C22H27N3O3/c1-27-16-4-5-19-18(11-16)17(6-8-23-19)22(26)21-10-15-7-9-25(21)12-20(15)24-28-13-14-2-3-14/h4-6,8,11,14-15,21-22,26H,2-3,7,9-10,12-13H2,1H3/b24-20-/t15-,21-,22+/m0/s1. The molecule has 0 amide bonds. The molecule has 4 atom stereocenters. The number of pyridine rings is 1. The number of methoxy groups -OCH3 is 1. The summed E-state index contributed by atoms with van der Waals surface area (Å²) in [5.74, 6) is 1.91. The van der Waals surface area contributed by atoms with Crippen molar-refractivity contribution in [3.05, 3.63) is 36.0 Å². The fourth-order valence-corrected chi connectivity index (χ4v) is 4.56. The minimum atomic E-state index is -0.561. The lowest BCUT2D eigenvalue weighted by molar-refractivity contribution is 0.00969. The number of benzene rings is 1. The van der Waals surface area contributed by atoms with Crippen molar-refractivity contribution in [1.29, 1.82) is 0 Å². The molecule has 4 heterocycles. The van der Waals surface area contributed by atoms with Crippen LogP contribution in [-0.4, -0.2) is 53.6 Å². The number of piperidine rings is 3. The average molecular weight is 381 g/mol. The first-order valence-electron chi connectivity index (χ1n) is 10.3. The largest absolute Gasteiger partial charge is 0.497 e. The summed E-state index contributed by atoms with van der Waals surface area (Å²) in [6, 6.07) is 7.85. The third kappa shape index (κ3) is 3.35. The van der Waals surface area contributed by atoms with Crippen LogP contribution >= 0.6 is 0 Å². The number of oxime groups is 1. The monoisotopic (exact) mass is 381 g/mol. The zero-order valence-corrected chi connectivity index (χ0v) is 16.3. The van der Waals surface area contributed by atoms with Crippen molar-refractivity contribution >= 4 is 16.6 Å². The van der Waals surface area contributed by atoms with Crippen LogP contribution in [0.3, 0.4) is 0 Å². The van der Waals surface area contributed by atoms with Crippen molar-refractivity contribution in [2.75, 3.05) is 26.8 Å². The summed E-state index contributed by atoms with van der Waals surface area (Å²) >= 11 is 0. The molecule has 1 N–H and O–H groups in total. The normalized spacial score (nSPS) is 29.2. The number of rotatable bonds is 6. The fraction of sp³-hybridized carbons (Fsp3) is 0.545. The van der Waals surface area contributed by atoms with E-state index in [1.807, 2.05) is 24.3 Å². The predicted molar refractivity (Wildman–Crippen MR) is 107 cm³/mol. The Labute approximate surface area is 165 Å². The summed E-state index contributed by atoms with van der Waals surface area (Å²) in [5, 5.41) is 16.7. The lowest BCUT2D eigenvalue weighted by Gasteiger charge is -2.47. The molecule has 6 nitrogen and oxygen atoms in total. The highest BCUT2D eigenvalue weighted by Gasteiger charge is 2.42. The van der Waals surface area contributed by atoms with Crippen molar-refractivity contribution in [2.45, 2.75) is 37.8 Å². The van der Waals surface area contributed by atoms with Crippen LogP contribution in [0.15, 0.2) is 35.6 Å². The first kappa shape index (κ1) is 17.9. The Hall–Kier alpha value is -2.18. The second kappa shape index (κ2) is 7.33. The molecular weight excluding hydrogens is 354 g/mol. The summed E-state index contributed by atoms with van der Waals surface area (Å²) in [5.41, 5.74) is 2.95. The topological polar surface area (TPSA) is 67.2 Å². The number of hydrogen-bond donors (Lipinski definition) is 1. The Bertz CT molecular complexity index is 896. The molecule has 2 bridgehead atoms. The van der Waals surface area contributed by atoms with Crippen LogP contribution < -0.4 is 4.74 Å². The van der Waals surface area contributed by atoms with Crippen LogP contribution in [0.4, 0.5) is 0 Å². The zero-order valence-electron chi connectivity index (χ0n) is 16.3. The highest BCUT2D eigenvalue weighted by atomic mass is 16.6. The molecular formula is C22H27N3O3. The van der Waals surface area contributed by atoms with Crippen molar-refractivity contribution in [3.8, 4) is 5.75 Å². The van der Waals surface area contributed by atoms with Crippen LogP contribution in [0.5, 0.6) is 5.75 Å². The third-order valence-corrected chi connectivity index (χ3v) is 6.45. The molecule has 28 heavy (non-hydrogen) atoms. The van der Waals surface area contributed by atoms with E-state index in [-0.39, 0.29) is 6.04 Å². The van der Waals surface area contributed by atoms with Gasteiger partial charge in [-0.1, -0.05) is 5.16 Å². The number of hydrogen-bond acceptors (Lipinski definition) is 6. The van der Waals surface area contributed by atoms with Gasteiger partial charge in [0.05, 0.1) is 24.4 Å². The van der Waals surface area contributed by atoms with Gasteiger partial charge >= 0.3 is 0 Å². The van der Waals surface area contributed by atoms with E-state index >= 15 is 0 Å². The summed E-state index contributed by atoms with van der Waals surface area (Å²) in [6.45, 7) is 2.55. The lowest BCUT2D eigenvalue weighted by atomic mass is 9.78. The summed E-state index contributed by atoms with van der Waals surface area (Å²) < 4.78 is 5.38. The minimum absolute atomic E-state index is 0.0953. The van der Waals surface area contributed by atoms with Crippen LogP contribution in [0.2, 0.25) is 0 Å². The molecule has 4 aliphatic rings. The molecule has 1 saturated carbocycles. The molecule has 1 aromatic heterocycles. The van der Waals surface area contributed by atoms with Crippen LogP contribution in [0.25, 0.3) is 10.9 Å². The predicted octanol–water partition coefficient (Wildman–Crippen LogP) is 3.15. The maximum absolute atomic E-state index is 11.3. The van der Waals surface area contributed by atoms with Gasteiger partial charge in [0, 0.05) is 30.1 Å². The molecule has 2 aromatic rings. The van der Waals surface area contributed by atoms with Gasteiger partial charge in [0.15, 0.2) is 0 Å². The van der Waals surface area contributed by atoms with Gasteiger partial charge < -0.3 is 14.7 Å². The lowest BCUT2D eigenvalue weighted by Crippen LogP contribution is -2.55. The molecule has 1 aromatic carbocycles. The zero-order chi connectivity index (χ0) is 19.1. The molecule has 0 spiro atoms. The first-order valence-corrected chi connectivity index (χ1v) is 10.3. The Kier molecular flexibility index (Phi) is 4.69. The molecule has 1 aliphatic carbocycles. The minimum Gasteiger partial charge on any atom is -0.497 e. The molecule has 4 fully saturated rings. The van der Waals surface area contributed by atoms with Gasteiger partial charge in [0.1, 0.15) is 12.4 Å². The Morgan fingerprint density at radius 2 is 2.18 bits per heavy atom. The maximum Gasteiger partial charge on any atom is 0.120 e. The van der Waals surface area contributed by atoms with Gasteiger partial charge in [-0.2, -0.15) is 0 Å². The van der Waals surface area contributed by atoms with E-state index in [2.05, 4.69) is 15.0 Å². The van der Waals surface area contributed by atoms with E-state index in [0.717, 1.165) is 66.4 Å². The Morgan fingerprint density at radius 3 is 2.93 bits per heavy atom. The number of aromatic nitrogens is 1. The van der Waals surface area contributed by atoms with Crippen molar-refractivity contribution in [1.82, 2.24) is 9.88 Å². The van der Waals surface area contributed by atoms with Crippen LogP contribution in [-0.2, 0) is 4.84 Å². The molecule has 0 radical (unpaired) electrons. The number of aliphatic hydroxyl groups excluding tert-OH is 1. The highest BCUT2D eigenvalue weighted by molar-refractivity contribution is 5.90. The van der Waals surface area contributed by atoms with E-state index in [9.17, 15) is 5.11 Å². The Morgan fingerprint density at radius 1 is 1.29 bits per heavy atom. The van der Waals surface area contributed by atoms with Crippen LogP contribution in [0, 0.1) is 11.8 Å². The van der Waals surface area contributed by atoms with Gasteiger partial charge in [0.2, 0.25) is 0 Å². The number of aliphatic hydroxyl groups is 1. The van der Waals surface area contributed by atoms with Gasteiger partial charge in [-0.05, 0) is 68.0 Å². The maximum atomic E-state index is 11.3. The highest BCUT2D eigenvalue weighted by Crippen LogP contribution is 2.39. The Balaban J connectivity index is 1.36.